The lowest BCUT2D eigenvalue weighted by molar-refractivity contribution is 0.0939. The minimum atomic E-state index is -0.0401. The van der Waals surface area contributed by atoms with Crippen LogP contribution in [0.5, 0.6) is 0 Å². The van der Waals surface area contributed by atoms with Gasteiger partial charge < -0.3 is 10.2 Å². The van der Waals surface area contributed by atoms with Crippen molar-refractivity contribution < 1.29 is 4.79 Å². The molecule has 0 aliphatic carbocycles. The van der Waals surface area contributed by atoms with Gasteiger partial charge in [-0.15, -0.1) is 0 Å². The first kappa shape index (κ1) is 16.5. The summed E-state index contributed by atoms with van der Waals surface area (Å²) in [5.74, 6) is -0.0401. The second kappa shape index (κ2) is 8.56. The van der Waals surface area contributed by atoms with Gasteiger partial charge in [0, 0.05) is 25.3 Å². The Bertz CT molecular complexity index is 414. The highest BCUT2D eigenvalue weighted by Gasteiger charge is 2.12. The van der Waals surface area contributed by atoms with Gasteiger partial charge in [0.15, 0.2) is 0 Å². The van der Waals surface area contributed by atoms with E-state index in [0.29, 0.717) is 5.56 Å². The average Bonchev–Trinajstić information content (AvgIpc) is 2.47. The van der Waals surface area contributed by atoms with Crippen molar-refractivity contribution in [3.05, 3.63) is 24.0 Å². The van der Waals surface area contributed by atoms with Crippen LogP contribution in [0.3, 0.4) is 0 Å². The van der Waals surface area contributed by atoms with Crippen LogP contribution in [-0.4, -0.2) is 30.0 Å². The third-order valence-electron chi connectivity index (χ3n) is 3.33. The lowest BCUT2D eigenvalue weighted by Crippen LogP contribution is -2.32. The summed E-state index contributed by atoms with van der Waals surface area (Å²) in [5, 5.41) is 2.98. The normalized spacial score (nSPS) is 12.0. The standard InChI is InChI=1S/C16H27N3O/c1-5-8-19(9-6-2)15-10-14(11-17-12-15)16(20)18-13(4)7-3/h10-13H,5-9H2,1-4H3,(H,18,20). The molecule has 20 heavy (non-hydrogen) atoms. The van der Waals surface area contributed by atoms with Gasteiger partial charge in [0.2, 0.25) is 0 Å². The molecule has 0 aliphatic heterocycles. The van der Waals surface area contributed by atoms with Gasteiger partial charge in [-0.3, -0.25) is 9.78 Å². The predicted octanol–water partition coefficient (Wildman–Crippen LogP) is 3.24. The molecule has 0 spiro atoms. The third-order valence-corrected chi connectivity index (χ3v) is 3.33. The monoisotopic (exact) mass is 277 g/mol. The molecule has 0 bridgehead atoms. The highest BCUT2D eigenvalue weighted by atomic mass is 16.1. The first-order valence-electron chi connectivity index (χ1n) is 7.63. The number of amides is 1. The number of pyridine rings is 1. The van der Waals surface area contributed by atoms with E-state index in [4.69, 9.17) is 0 Å². The highest BCUT2D eigenvalue weighted by Crippen LogP contribution is 2.15. The van der Waals surface area contributed by atoms with Crippen molar-refractivity contribution in [1.82, 2.24) is 10.3 Å². The summed E-state index contributed by atoms with van der Waals surface area (Å²) in [5.41, 5.74) is 1.67. The Labute approximate surface area is 122 Å². The molecule has 1 amide bonds. The summed E-state index contributed by atoms with van der Waals surface area (Å²) < 4.78 is 0. The fourth-order valence-corrected chi connectivity index (χ4v) is 2.04. The zero-order valence-electron chi connectivity index (χ0n) is 13.1. The smallest absolute Gasteiger partial charge is 0.253 e. The van der Waals surface area contributed by atoms with E-state index in [9.17, 15) is 4.79 Å². The number of hydrogen-bond donors (Lipinski definition) is 1. The van der Waals surface area contributed by atoms with Crippen LogP contribution in [-0.2, 0) is 0 Å². The van der Waals surface area contributed by atoms with Crippen molar-refractivity contribution in [3.8, 4) is 0 Å². The molecule has 0 fully saturated rings. The molecule has 1 aromatic rings. The van der Waals surface area contributed by atoms with E-state index in [0.717, 1.165) is 38.0 Å². The number of carbonyl (C=O) groups excluding carboxylic acids is 1. The van der Waals surface area contributed by atoms with Gasteiger partial charge in [-0.05, 0) is 32.3 Å². The molecule has 1 aromatic heterocycles. The molecule has 1 heterocycles. The van der Waals surface area contributed by atoms with E-state index >= 15 is 0 Å². The van der Waals surface area contributed by atoms with Crippen LogP contribution in [0.15, 0.2) is 18.5 Å². The summed E-state index contributed by atoms with van der Waals surface area (Å²) in [4.78, 5) is 18.6. The molecule has 1 atom stereocenters. The van der Waals surface area contributed by atoms with Crippen LogP contribution in [0, 0.1) is 0 Å². The van der Waals surface area contributed by atoms with Crippen LogP contribution in [0.1, 0.15) is 57.3 Å². The van der Waals surface area contributed by atoms with E-state index in [1.54, 1.807) is 6.20 Å². The van der Waals surface area contributed by atoms with Crippen LogP contribution in [0.2, 0.25) is 0 Å². The Morgan fingerprint density at radius 1 is 1.25 bits per heavy atom. The van der Waals surface area contributed by atoms with Crippen LogP contribution in [0.25, 0.3) is 0 Å². The van der Waals surface area contributed by atoms with Gasteiger partial charge in [-0.1, -0.05) is 20.8 Å². The van der Waals surface area contributed by atoms with E-state index in [1.807, 2.05) is 19.2 Å². The van der Waals surface area contributed by atoms with Crippen LogP contribution < -0.4 is 10.2 Å². The van der Waals surface area contributed by atoms with Gasteiger partial charge in [0.25, 0.3) is 5.91 Å². The second-order valence-corrected chi connectivity index (χ2v) is 5.20. The molecule has 0 aliphatic rings. The Morgan fingerprint density at radius 3 is 2.45 bits per heavy atom. The lowest BCUT2D eigenvalue weighted by atomic mass is 10.2. The summed E-state index contributed by atoms with van der Waals surface area (Å²) in [6.07, 6.45) is 6.58. The maximum Gasteiger partial charge on any atom is 0.253 e. The molecule has 4 heteroatoms. The summed E-state index contributed by atoms with van der Waals surface area (Å²) in [6, 6.07) is 2.13. The van der Waals surface area contributed by atoms with Gasteiger partial charge in [0.05, 0.1) is 17.4 Å². The molecule has 0 saturated carbocycles. The fraction of sp³-hybridized carbons (Fsp3) is 0.625. The highest BCUT2D eigenvalue weighted by molar-refractivity contribution is 5.94. The van der Waals surface area contributed by atoms with E-state index < -0.39 is 0 Å². The number of hydrogen-bond acceptors (Lipinski definition) is 3. The Kier molecular flexibility index (Phi) is 7.05. The summed E-state index contributed by atoms with van der Waals surface area (Å²) in [6.45, 7) is 10.4. The topological polar surface area (TPSA) is 45.2 Å². The Morgan fingerprint density at radius 2 is 1.90 bits per heavy atom. The van der Waals surface area contributed by atoms with E-state index in [1.165, 1.54) is 0 Å². The molecule has 4 nitrogen and oxygen atoms in total. The number of anilines is 1. The van der Waals surface area contributed by atoms with Gasteiger partial charge in [-0.2, -0.15) is 0 Å². The quantitative estimate of drug-likeness (QED) is 0.793. The average molecular weight is 277 g/mol. The molecule has 112 valence electrons. The minimum absolute atomic E-state index is 0.0401. The number of rotatable bonds is 8. The molecule has 0 radical (unpaired) electrons. The molecule has 1 unspecified atom stereocenters. The first-order chi connectivity index (χ1) is 9.62. The van der Waals surface area contributed by atoms with Crippen molar-refractivity contribution in [3.63, 3.8) is 0 Å². The summed E-state index contributed by atoms with van der Waals surface area (Å²) >= 11 is 0. The largest absolute Gasteiger partial charge is 0.370 e. The van der Waals surface area contributed by atoms with Gasteiger partial charge in [0.1, 0.15) is 0 Å². The molecular formula is C16H27N3O. The molecular weight excluding hydrogens is 250 g/mol. The van der Waals surface area contributed by atoms with Crippen molar-refractivity contribution in [2.24, 2.45) is 0 Å². The number of nitrogens with zero attached hydrogens (tertiary/aromatic N) is 2. The number of nitrogens with one attached hydrogen (secondary N) is 1. The fourth-order valence-electron chi connectivity index (χ4n) is 2.04. The van der Waals surface area contributed by atoms with Crippen molar-refractivity contribution in [1.29, 1.82) is 0 Å². The van der Waals surface area contributed by atoms with Crippen LogP contribution in [0.4, 0.5) is 5.69 Å². The Hall–Kier alpha value is -1.58. The maximum atomic E-state index is 12.1. The van der Waals surface area contributed by atoms with Gasteiger partial charge >= 0.3 is 0 Å². The minimum Gasteiger partial charge on any atom is -0.370 e. The molecule has 1 N–H and O–H groups in total. The lowest BCUT2D eigenvalue weighted by Gasteiger charge is -2.23. The second-order valence-electron chi connectivity index (χ2n) is 5.20. The Balaban J connectivity index is 2.85. The van der Waals surface area contributed by atoms with Crippen molar-refractivity contribution in [2.75, 3.05) is 18.0 Å². The van der Waals surface area contributed by atoms with E-state index in [-0.39, 0.29) is 11.9 Å². The van der Waals surface area contributed by atoms with Crippen molar-refractivity contribution >= 4 is 11.6 Å². The number of aromatic nitrogens is 1. The maximum absolute atomic E-state index is 12.1. The third kappa shape index (κ3) is 4.83. The van der Waals surface area contributed by atoms with Gasteiger partial charge in [-0.25, -0.2) is 0 Å². The molecule has 0 saturated heterocycles. The zero-order valence-corrected chi connectivity index (χ0v) is 13.1. The zero-order chi connectivity index (χ0) is 15.0. The van der Waals surface area contributed by atoms with Crippen LogP contribution >= 0.6 is 0 Å². The molecule has 1 rings (SSSR count). The number of carbonyl (C=O) groups is 1. The summed E-state index contributed by atoms with van der Waals surface area (Å²) in [7, 11) is 0. The predicted molar refractivity (Wildman–Crippen MR) is 84.3 cm³/mol. The first-order valence-corrected chi connectivity index (χ1v) is 7.63. The van der Waals surface area contributed by atoms with E-state index in [2.05, 4.69) is 36.0 Å². The molecule has 0 aromatic carbocycles. The van der Waals surface area contributed by atoms with Crippen molar-refractivity contribution in [2.45, 2.75) is 53.0 Å². The SMILES string of the molecule is CCCN(CCC)c1cncc(C(=O)NC(C)CC)c1.